The van der Waals surface area contributed by atoms with Gasteiger partial charge in [-0.05, 0) is 41.3 Å². The Balaban J connectivity index is 2.43. The Kier molecular flexibility index (Phi) is 4.99. The smallest absolute Gasteiger partial charge is 0.0711 e. The average molecular weight is 340 g/mol. The van der Waals surface area contributed by atoms with Crippen molar-refractivity contribution in [1.29, 1.82) is 0 Å². The first-order valence-corrected chi connectivity index (χ1v) is 7.32. The van der Waals surface area contributed by atoms with E-state index in [0.717, 1.165) is 22.0 Å². The monoisotopic (exact) mass is 338 g/mol. The van der Waals surface area contributed by atoms with E-state index in [2.05, 4.69) is 52.5 Å². The van der Waals surface area contributed by atoms with Crippen molar-refractivity contribution in [2.45, 2.75) is 19.4 Å². The highest BCUT2D eigenvalue weighted by Crippen LogP contribution is 2.28. The largest absolute Gasteiger partial charge is 0.271 e. The third-order valence-corrected chi connectivity index (χ3v) is 3.75. The van der Waals surface area contributed by atoms with Crippen molar-refractivity contribution in [2.75, 3.05) is 0 Å². The fourth-order valence-electron chi connectivity index (χ4n) is 2.12. The summed E-state index contributed by atoms with van der Waals surface area (Å²) in [4.78, 5) is 0. The molecule has 0 aliphatic rings. The second kappa shape index (κ2) is 6.53. The molecular weight excluding hydrogens is 324 g/mol. The van der Waals surface area contributed by atoms with Crippen LogP contribution in [0.1, 0.15) is 29.7 Å². The van der Waals surface area contributed by atoms with Gasteiger partial charge in [-0.25, -0.2) is 5.43 Å². The van der Waals surface area contributed by atoms with Gasteiger partial charge in [-0.2, -0.15) is 0 Å². The predicted octanol–water partition coefficient (Wildman–Crippen LogP) is 4.22. The van der Waals surface area contributed by atoms with E-state index < -0.39 is 0 Å². The van der Waals surface area contributed by atoms with Crippen molar-refractivity contribution < 1.29 is 0 Å². The van der Waals surface area contributed by atoms with Crippen LogP contribution in [0.15, 0.2) is 46.9 Å². The minimum atomic E-state index is -0.0681. The highest BCUT2D eigenvalue weighted by Gasteiger charge is 2.13. The minimum Gasteiger partial charge on any atom is -0.271 e. The van der Waals surface area contributed by atoms with Crippen molar-refractivity contribution in [3.8, 4) is 0 Å². The Bertz CT molecular complexity index is 552. The SMILES string of the molecule is CCc1cccc(C(NN)c2cc(Cl)cc(Br)c2)c1. The summed E-state index contributed by atoms with van der Waals surface area (Å²) in [6, 6.07) is 14.1. The second-order valence-corrected chi connectivity index (χ2v) is 5.75. The molecule has 0 aromatic heterocycles. The standard InChI is InChI=1S/C15H16BrClN2/c1-2-10-4-3-5-11(6-10)15(19-18)12-7-13(16)9-14(17)8-12/h3-9,15,19H,2,18H2,1H3. The highest BCUT2D eigenvalue weighted by atomic mass is 79.9. The van der Waals surface area contributed by atoms with Crippen molar-refractivity contribution in [2.24, 2.45) is 5.84 Å². The maximum Gasteiger partial charge on any atom is 0.0711 e. The van der Waals surface area contributed by atoms with Gasteiger partial charge in [0.2, 0.25) is 0 Å². The maximum absolute atomic E-state index is 6.10. The number of hydrazine groups is 1. The number of nitrogens with one attached hydrogen (secondary N) is 1. The molecule has 19 heavy (non-hydrogen) atoms. The summed E-state index contributed by atoms with van der Waals surface area (Å²) in [6.45, 7) is 2.14. The third kappa shape index (κ3) is 3.57. The van der Waals surface area contributed by atoms with Gasteiger partial charge in [0.25, 0.3) is 0 Å². The van der Waals surface area contributed by atoms with E-state index in [-0.39, 0.29) is 6.04 Å². The van der Waals surface area contributed by atoms with Crippen LogP contribution < -0.4 is 11.3 Å². The summed E-state index contributed by atoms with van der Waals surface area (Å²) in [5, 5.41) is 0.691. The van der Waals surface area contributed by atoms with Gasteiger partial charge in [-0.1, -0.05) is 58.7 Å². The highest BCUT2D eigenvalue weighted by molar-refractivity contribution is 9.10. The van der Waals surface area contributed by atoms with E-state index in [1.54, 1.807) is 0 Å². The number of hydrogen-bond acceptors (Lipinski definition) is 2. The molecule has 0 saturated carbocycles. The molecule has 2 aromatic carbocycles. The summed E-state index contributed by atoms with van der Waals surface area (Å²) in [5.74, 6) is 5.72. The first-order valence-electron chi connectivity index (χ1n) is 6.15. The van der Waals surface area contributed by atoms with Crippen molar-refractivity contribution >= 4 is 27.5 Å². The summed E-state index contributed by atoms with van der Waals surface area (Å²) in [7, 11) is 0. The Morgan fingerprint density at radius 2 is 2.00 bits per heavy atom. The Hall–Kier alpha value is -0.870. The lowest BCUT2D eigenvalue weighted by molar-refractivity contribution is 0.636. The molecule has 0 fully saturated rings. The van der Waals surface area contributed by atoms with E-state index in [9.17, 15) is 0 Å². The van der Waals surface area contributed by atoms with Crippen LogP contribution in [0.25, 0.3) is 0 Å². The van der Waals surface area contributed by atoms with Gasteiger partial charge in [0.15, 0.2) is 0 Å². The average Bonchev–Trinajstić information content (AvgIpc) is 2.39. The first kappa shape index (κ1) is 14.5. The number of aryl methyl sites for hydroxylation is 1. The van der Waals surface area contributed by atoms with E-state index in [0.29, 0.717) is 5.02 Å². The Morgan fingerprint density at radius 3 is 2.63 bits per heavy atom. The van der Waals surface area contributed by atoms with Gasteiger partial charge in [0.1, 0.15) is 0 Å². The van der Waals surface area contributed by atoms with Crippen LogP contribution in [0.3, 0.4) is 0 Å². The fourth-order valence-corrected chi connectivity index (χ4v) is 3.01. The lowest BCUT2D eigenvalue weighted by Crippen LogP contribution is -2.28. The zero-order valence-corrected chi connectivity index (χ0v) is 13.0. The summed E-state index contributed by atoms with van der Waals surface area (Å²) < 4.78 is 0.946. The maximum atomic E-state index is 6.10. The quantitative estimate of drug-likeness (QED) is 0.646. The Morgan fingerprint density at radius 1 is 1.21 bits per heavy atom. The van der Waals surface area contributed by atoms with E-state index in [1.165, 1.54) is 5.56 Å². The molecule has 0 bridgehead atoms. The molecule has 1 atom stereocenters. The van der Waals surface area contributed by atoms with Crippen LogP contribution in [0.4, 0.5) is 0 Å². The van der Waals surface area contributed by atoms with Gasteiger partial charge in [0, 0.05) is 9.50 Å². The zero-order valence-electron chi connectivity index (χ0n) is 10.7. The Labute approximate surface area is 127 Å². The zero-order chi connectivity index (χ0) is 13.8. The lowest BCUT2D eigenvalue weighted by Gasteiger charge is -2.18. The number of rotatable bonds is 4. The summed E-state index contributed by atoms with van der Waals surface area (Å²) in [5.41, 5.74) is 6.32. The number of benzene rings is 2. The molecule has 0 spiro atoms. The third-order valence-electron chi connectivity index (χ3n) is 3.08. The normalized spacial score (nSPS) is 12.4. The number of hydrogen-bond donors (Lipinski definition) is 2. The molecule has 100 valence electrons. The molecule has 2 aromatic rings. The molecule has 2 rings (SSSR count). The van der Waals surface area contributed by atoms with E-state index in [1.807, 2.05) is 18.2 Å². The van der Waals surface area contributed by atoms with E-state index >= 15 is 0 Å². The molecule has 2 nitrogen and oxygen atoms in total. The predicted molar refractivity (Wildman–Crippen MR) is 84.1 cm³/mol. The summed E-state index contributed by atoms with van der Waals surface area (Å²) >= 11 is 9.56. The van der Waals surface area contributed by atoms with Gasteiger partial charge >= 0.3 is 0 Å². The van der Waals surface area contributed by atoms with Gasteiger partial charge in [0.05, 0.1) is 6.04 Å². The van der Waals surface area contributed by atoms with Gasteiger partial charge in [-0.3, -0.25) is 5.84 Å². The summed E-state index contributed by atoms with van der Waals surface area (Å²) in [6.07, 6.45) is 1.00. The van der Waals surface area contributed by atoms with Gasteiger partial charge < -0.3 is 0 Å². The second-order valence-electron chi connectivity index (χ2n) is 4.40. The van der Waals surface area contributed by atoms with Crippen LogP contribution in [-0.2, 0) is 6.42 Å². The number of nitrogens with two attached hydrogens (primary N) is 1. The first-order chi connectivity index (χ1) is 9.13. The van der Waals surface area contributed by atoms with Gasteiger partial charge in [-0.15, -0.1) is 0 Å². The van der Waals surface area contributed by atoms with E-state index in [4.69, 9.17) is 17.4 Å². The molecule has 4 heteroatoms. The molecule has 0 aliphatic heterocycles. The van der Waals surface area contributed by atoms with Crippen LogP contribution >= 0.6 is 27.5 Å². The fraction of sp³-hybridized carbons (Fsp3) is 0.200. The molecule has 1 unspecified atom stereocenters. The topological polar surface area (TPSA) is 38.0 Å². The molecule has 0 heterocycles. The van der Waals surface area contributed by atoms with Crippen molar-refractivity contribution in [3.63, 3.8) is 0 Å². The van der Waals surface area contributed by atoms with Crippen LogP contribution in [0.2, 0.25) is 5.02 Å². The molecular formula is C15H16BrClN2. The lowest BCUT2D eigenvalue weighted by atomic mass is 9.97. The van der Waals surface area contributed by atoms with Crippen molar-refractivity contribution in [3.05, 3.63) is 68.7 Å². The number of halogens is 2. The molecule has 3 N–H and O–H groups in total. The van der Waals surface area contributed by atoms with Crippen LogP contribution in [0.5, 0.6) is 0 Å². The van der Waals surface area contributed by atoms with Crippen LogP contribution in [-0.4, -0.2) is 0 Å². The molecule has 0 radical (unpaired) electrons. The van der Waals surface area contributed by atoms with Crippen LogP contribution in [0, 0.1) is 0 Å². The molecule has 0 amide bonds. The van der Waals surface area contributed by atoms with Crippen molar-refractivity contribution in [1.82, 2.24) is 5.43 Å². The molecule has 0 aliphatic carbocycles. The minimum absolute atomic E-state index is 0.0681. The molecule has 0 saturated heterocycles.